The third-order valence-electron chi connectivity index (χ3n) is 7.58. The van der Waals surface area contributed by atoms with Gasteiger partial charge in [0.25, 0.3) is 0 Å². The van der Waals surface area contributed by atoms with Gasteiger partial charge in [-0.3, -0.25) is 9.78 Å². The van der Waals surface area contributed by atoms with E-state index in [4.69, 9.17) is 26.7 Å². The average molecular weight is 554 g/mol. The summed E-state index contributed by atoms with van der Waals surface area (Å²) in [5.74, 6) is 1.49. The van der Waals surface area contributed by atoms with E-state index in [1.54, 1.807) is 0 Å². The summed E-state index contributed by atoms with van der Waals surface area (Å²) in [5.41, 5.74) is 7.96. The first-order valence-corrected chi connectivity index (χ1v) is 13.8. The van der Waals surface area contributed by atoms with E-state index in [0.717, 1.165) is 56.8 Å². The van der Waals surface area contributed by atoms with E-state index in [2.05, 4.69) is 52.1 Å². The summed E-state index contributed by atoms with van der Waals surface area (Å²) in [7, 11) is 0. The van der Waals surface area contributed by atoms with Crippen LogP contribution in [0, 0.1) is 20.8 Å². The summed E-state index contributed by atoms with van der Waals surface area (Å²) < 4.78 is 13.4. The lowest BCUT2D eigenvalue weighted by molar-refractivity contribution is -0.115. The highest BCUT2D eigenvalue weighted by Gasteiger charge is 2.42. The fourth-order valence-electron chi connectivity index (χ4n) is 5.63. The summed E-state index contributed by atoms with van der Waals surface area (Å²) in [6.07, 6.45) is 2.24. The van der Waals surface area contributed by atoms with Crippen molar-refractivity contribution in [1.82, 2.24) is 14.9 Å². The number of fused-ring (bicyclic) bond motifs is 1. The minimum absolute atomic E-state index is 0.0155. The normalized spacial score (nSPS) is 17.7. The van der Waals surface area contributed by atoms with Crippen molar-refractivity contribution < 1.29 is 14.3 Å². The highest BCUT2D eigenvalue weighted by molar-refractivity contribution is 7.80. The van der Waals surface area contributed by atoms with Gasteiger partial charge in [0.2, 0.25) is 12.7 Å². The van der Waals surface area contributed by atoms with Gasteiger partial charge in [-0.2, -0.15) is 0 Å². The number of ether oxygens (including phenoxy) is 2. The summed E-state index contributed by atoms with van der Waals surface area (Å²) in [4.78, 5) is 18.9. The molecule has 1 fully saturated rings. The molecule has 4 heterocycles. The standard InChI is InChI=1S/C31H31N5O3S/c1-5-28(37)33-24-11-9-21(14-18(24)2)36-30(29(34-31(36)40)25-8-6-7-13-32-25)23-15-19(3)35(20(23)4)22-10-12-26-27(16-22)39-17-38-26/h6-16,29-30H,5,17H2,1-4H3,(H,33,37)(H,34,40). The van der Waals surface area contributed by atoms with Crippen molar-refractivity contribution >= 4 is 34.6 Å². The quantitative estimate of drug-likeness (QED) is 0.281. The van der Waals surface area contributed by atoms with Crippen LogP contribution in [0.3, 0.4) is 0 Å². The second kappa shape index (κ2) is 10.3. The molecule has 1 amide bonds. The van der Waals surface area contributed by atoms with Crippen molar-refractivity contribution in [3.05, 3.63) is 95.1 Å². The molecule has 204 valence electrons. The molecule has 6 rings (SSSR count). The van der Waals surface area contributed by atoms with Crippen LogP contribution in [-0.2, 0) is 4.79 Å². The molecule has 0 saturated carbocycles. The number of nitrogens with zero attached hydrogens (tertiary/aromatic N) is 3. The van der Waals surface area contributed by atoms with Gasteiger partial charge in [-0.25, -0.2) is 0 Å². The van der Waals surface area contributed by atoms with Crippen LogP contribution in [0.25, 0.3) is 5.69 Å². The maximum absolute atomic E-state index is 12.0. The summed E-state index contributed by atoms with van der Waals surface area (Å²) in [6.45, 7) is 8.32. The second-order valence-electron chi connectivity index (χ2n) is 10.1. The molecule has 0 radical (unpaired) electrons. The number of carbonyl (C=O) groups is 1. The lowest BCUT2D eigenvalue weighted by Crippen LogP contribution is -2.29. The molecule has 2 aromatic carbocycles. The van der Waals surface area contributed by atoms with Gasteiger partial charge in [-0.1, -0.05) is 13.0 Å². The van der Waals surface area contributed by atoms with Crippen LogP contribution in [0.15, 0.2) is 66.9 Å². The largest absolute Gasteiger partial charge is 0.454 e. The van der Waals surface area contributed by atoms with Crippen LogP contribution in [0.1, 0.15) is 53.6 Å². The lowest BCUT2D eigenvalue weighted by atomic mass is 9.96. The number of aryl methyl sites for hydroxylation is 2. The predicted molar refractivity (Wildman–Crippen MR) is 159 cm³/mol. The zero-order valence-corrected chi connectivity index (χ0v) is 23.7. The van der Waals surface area contributed by atoms with Crippen LogP contribution in [0.2, 0.25) is 0 Å². The lowest BCUT2D eigenvalue weighted by Gasteiger charge is -2.29. The number of benzene rings is 2. The smallest absolute Gasteiger partial charge is 0.231 e. The highest BCUT2D eigenvalue weighted by Crippen LogP contribution is 2.45. The Labute approximate surface area is 238 Å². The number of nitrogens with one attached hydrogen (secondary N) is 2. The van der Waals surface area contributed by atoms with Gasteiger partial charge in [0, 0.05) is 47.1 Å². The molecular formula is C31H31N5O3S. The van der Waals surface area contributed by atoms with Gasteiger partial charge in [0.05, 0.1) is 17.8 Å². The number of hydrogen-bond donors (Lipinski definition) is 2. The van der Waals surface area contributed by atoms with Gasteiger partial charge in [-0.05, 0) is 92.6 Å². The van der Waals surface area contributed by atoms with Crippen LogP contribution < -0.4 is 25.0 Å². The predicted octanol–water partition coefficient (Wildman–Crippen LogP) is 6.05. The minimum Gasteiger partial charge on any atom is -0.454 e. The Kier molecular flexibility index (Phi) is 6.67. The van der Waals surface area contributed by atoms with Gasteiger partial charge < -0.3 is 29.6 Å². The molecule has 9 heteroatoms. The number of carbonyl (C=O) groups excluding carboxylic acids is 1. The molecule has 40 heavy (non-hydrogen) atoms. The zero-order chi connectivity index (χ0) is 28.0. The van der Waals surface area contributed by atoms with Crippen LogP contribution in [-0.4, -0.2) is 27.4 Å². The van der Waals surface area contributed by atoms with Crippen molar-refractivity contribution in [2.24, 2.45) is 0 Å². The van der Waals surface area contributed by atoms with Crippen molar-refractivity contribution in [2.75, 3.05) is 17.0 Å². The SMILES string of the molecule is CCC(=O)Nc1ccc(N2C(=S)NC(c3ccccn3)C2c2cc(C)n(-c3ccc4c(c3)OCO4)c2C)cc1C. The number of amides is 1. The van der Waals surface area contributed by atoms with Gasteiger partial charge in [-0.15, -0.1) is 0 Å². The number of pyridine rings is 1. The molecule has 8 nitrogen and oxygen atoms in total. The fourth-order valence-corrected chi connectivity index (χ4v) is 5.98. The minimum atomic E-state index is -0.167. The van der Waals surface area contributed by atoms with Crippen molar-refractivity contribution in [3.8, 4) is 17.2 Å². The highest BCUT2D eigenvalue weighted by atomic mass is 32.1. The maximum Gasteiger partial charge on any atom is 0.231 e. The third kappa shape index (κ3) is 4.46. The van der Waals surface area contributed by atoms with Gasteiger partial charge in [0.15, 0.2) is 16.6 Å². The molecule has 2 aromatic heterocycles. The Hall–Kier alpha value is -4.37. The molecule has 1 saturated heterocycles. The summed E-state index contributed by atoms with van der Waals surface area (Å²) >= 11 is 5.95. The number of anilines is 2. The Balaban J connectivity index is 1.46. The van der Waals surface area contributed by atoms with E-state index >= 15 is 0 Å². The Morgan fingerprint density at radius 2 is 1.85 bits per heavy atom. The topological polar surface area (TPSA) is 80.7 Å². The molecule has 0 bridgehead atoms. The number of hydrogen-bond acceptors (Lipinski definition) is 5. The number of rotatable bonds is 6. The molecule has 2 N–H and O–H groups in total. The molecule has 2 aliphatic rings. The van der Waals surface area contributed by atoms with E-state index < -0.39 is 0 Å². The second-order valence-corrected chi connectivity index (χ2v) is 10.5. The van der Waals surface area contributed by atoms with Crippen LogP contribution in [0.4, 0.5) is 11.4 Å². The maximum atomic E-state index is 12.0. The third-order valence-corrected chi connectivity index (χ3v) is 7.90. The Bertz CT molecular complexity index is 1620. The van der Waals surface area contributed by atoms with E-state index in [-0.39, 0.29) is 24.8 Å². The van der Waals surface area contributed by atoms with E-state index in [9.17, 15) is 4.79 Å². The summed E-state index contributed by atoms with van der Waals surface area (Å²) in [6, 6.07) is 19.9. The average Bonchev–Trinajstić information content (AvgIpc) is 3.64. The molecule has 2 aliphatic heterocycles. The van der Waals surface area contributed by atoms with Crippen molar-refractivity contribution in [3.63, 3.8) is 0 Å². The zero-order valence-electron chi connectivity index (χ0n) is 22.9. The van der Waals surface area contributed by atoms with Gasteiger partial charge in [0.1, 0.15) is 0 Å². The van der Waals surface area contributed by atoms with E-state index in [1.807, 2.05) is 62.5 Å². The van der Waals surface area contributed by atoms with E-state index in [1.165, 1.54) is 0 Å². The number of thiocarbonyl (C=S) groups is 1. The fraction of sp³-hybridized carbons (Fsp3) is 0.258. The molecule has 0 aliphatic carbocycles. The molecule has 2 unspecified atom stereocenters. The molecular weight excluding hydrogens is 522 g/mol. The Morgan fingerprint density at radius 3 is 2.60 bits per heavy atom. The first kappa shape index (κ1) is 25.9. The molecule has 0 spiro atoms. The van der Waals surface area contributed by atoms with Crippen molar-refractivity contribution in [2.45, 2.75) is 46.2 Å². The van der Waals surface area contributed by atoms with Crippen molar-refractivity contribution in [1.29, 1.82) is 0 Å². The first-order valence-electron chi connectivity index (χ1n) is 13.4. The monoisotopic (exact) mass is 553 g/mol. The van der Waals surface area contributed by atoms with E-state index in [0.29, 0.717) is 11.5 Å². The summed E-state index contributed by atoms with van der Waals surface area (Å²) in [5, 5.41) is 7.16. The van der Waals surface area contributed by atoms with Gasteiger partial charge >= 0.3 is 0 Å². The first-order chi connectivity index (χ1) is 19.4. The molecule has 2 atom stereocenters. The number of aromatic nitrogens is 2. The van der Waals surface area contributed by atoms with Crippen LogP contribution >= 0.6 is 12.2 Å². The Morgan fingerprint density at radius 1 is 1.05 bits per heavy atom. The molecule has 4 aromatic rings. The van der Waals surface area contributed by atoms with Crippen LogP contribution in [0.5, 0.6) is 11.5 Å².